The van der Waals surface area contributed by atoms with E-state index in [4.69, 9.17) is 0 Å². The summed E-state index contributed by atoms with van der Waals surface area (Å²) in [4.78, 5) is 0. The predicted molar refractivity (Wildman–Crippen MR) is 90.5 cm³/mol. The fourth-order valence-corrected chi connectivity index (χ4v) is 2.69. The van der Waals surface area contributed by atoms with E-state index in [-0.39, 0.29) is 0 Å². The largest absolute Gasteiger partial charge is 0.102 e. The molecule has 0 spiro atoms. The SMILES string of the molecule is CCCCC#CC1C(c2ccccc2)=C1c1ccccc1. The van der Waals surface area contributed by atoms with E-state index < -0.39 is 0 Å². The molecule has 21 heavy (non-hydrogen) atoms. The molecular formula is C21H20. The van der Waals surface area contributed by atoms with Crippen LogP contribution < -0.4 is 0 Å². The van der Waals surface area contributed by atoms with Gasteiger partial charge in [0.05, 0.1) is 5.92 Å². The summed E-state index contributed by atoms with van der Waals surface area (Å²) in [6.45, 7) is 2.21. The lowest BCUT2D eigenvalue weighted by atomic mass is 10.1. The van der Waals surface area contributed by atoms with E-state index >= 15 is 0 Å². The summed E-state index contributed by atoms with van der Waals surface area (Å²) in [5, 5.41) is 0. The van der Waals surface area contributed by atoms with Crippen LogP contribution in [0.4, 0.5) is 0 Å². The molecule has 0 saturated heterocycles. The van der Waals surface area contributed by atoms with Crippen LogP contribution in [0.1, 0.15) is 37.3 Å². The Labute approximate surface area is 127 Å². The number of hydrogen-bond donors (Lipinski definition) is 0. The van der Waals surface area contributed by atoms with Crippen molar-refractivity contribution in [3.63, 3.8) is 0 Å². The van der Waals surface area contributed by atoms with Crippen LogP contribution in [0.25, 0.3) is 11.1 Å². The van der Waals surface area contributed by atoms with Crippen molar-refractivity contribution in [2.24, 2.45) is 5.92 Å². The molecule has 1 aliphatic rings. The average Bonchev–Trinajstić information content (AvgIpc) is 3.27. The Kier molecular flexibility index (Phi) is 4.22. The Morgan fingerprint density at radius 1 is 0.810 bits per heavy atom. The maximum absolute atomic E-state index is 3.46. The lowest BCUT2D eigenvalue weighted by molar-refractivity contribution is 0.827. The highest BCUT2D eigenvalue weighted by molar-refractivity contribution is 6.12. The Morgan fingerprint density at radius 2 is 1.33 bits per heavy atom. The van der Waals surface area contributed by atoms with Crippen LogP contribution >= 0.6 is 0 Å². The van der Waals surface area contributed by atoms with Gasteiger partial charge in [-0.2, -0.15) is 0 Å². The second-order valence-electron chi connectivity index (χ2n) is 5.42. The van der Waals surface area contributed by atoms with E-state index in [2.05, 4.69) is 79.4 Å². The fourth-order valence-electron chi connectivity index (χ4n) is 2.69. The third-order valence-electron chi connectivity index (χ3n) is 3.86. The van der Waals surface area contributed by atoms with Gasteiger partial charge < -0.3 is 0 Å². The number of hydrogen-bond acceptors (Lipinski definition) is 0. The summed E-state index contributed by atoms with van der Waals surface area (Å²) in [5.41, 5.74) is 5.44. The van der Waals surface area contributed by atoms with Gasteiger partial charge >= 0.3 is 0 Å². The Bertz CT molecular complexity index is 632. The summed E-state index contributed by atoms with van der Waals surface area (Å²) >= 11 is 0. The molecule has 0 heteroatoms. The van der Waals surface area contributed by atoms with Gasteiger partial charge in [-0.25, -0.2) is 0 Å². The van der Waals surface area contributed by atoms with Crippen molar-refractivity contribution in [2.75, 3.05) is 0 Å². The molecule has 1 aliphatic carbocycles. The summed E-state index contributed by atoms with van der Waals surface area (Å²) in [6, 6.07) is 21.3. The normalized spacial score (nSPS) is 13.8. The highest BCUT2D eigenvalue weighted by Gasteiger charge is 2.36. The van der Waals surface area contributed by atoms with Gasteiger partial charge in [0.1, 0.15) is 0 Å². The average molecular weight is 272 g/mol. The topological polar surface area (TPSA) is 0 Å². The highest BCUT2D eigenvalue weighted by atomic mass is 14.4. The molecule has 0 fully saturated rings. The van der Waals surface area contributed by atoms with Crippen molar-refractivity contribution in [1.82, 2.24) is 0 Å². The predicted octanol–water partition coefficient (Wildman–Crippen LogP) is 5.42. The minimum absolute atomic E-state index is 0.326. The van der Waals surface area contributed by atoms with Gasteiger partial charge in [0.2, 0.25) is 0 Å². The molecule has 0 aliphatic heterocycles. The van der Waals surface area contributed by atoms with E-state index in [0.29, 0.717) is 5.92 Å². The quantitative estimate of drug-likeness (QED) is 0.515. The van der Waals surface area contributed by atoms with E-state index in [1.54, 1.807) is 0 Å². The van der Waals surface area contributed by atoms with Crippen LogP contribution in [0, 0.1) is 17.8 Å². The zero-order chi connectivity index (χ0) is 14.5. The zero-order valence-corrected chi connectivity index (χ0v) is 12.5. The van der Waals surface area contributed by atoms with Crippen molar-refractivity contribution in [3.8, 4) is 11.8 Å². The Morgan fingerprint density at radius 3 is 1.81 bits per heavy atom. The number of unbranched alkanes of at least 4 members (excludes halogenated alkanes) is 2. The molecule has 0 nitrogen and oxygen atoms in total. The van der Waals surface area contributed by atoms with Crippen LogP contribution in [0.15, 0.2) is 60.7 Å². The first kappa shape index (κ1) is 13.7. The number of benzene rings is 2. The molecule has 0 radical (unpaired) electrons. The highest BCUT2D eigenvalue weighted by Crippen LogP contribution is 2.52. The monoisotopic (exact) mass is 272 g/mol. The maximum atomic E-state index is 3.46. The van der Waals surface area contributed by atoms with Gasteiger partial charge in [-0.1, -0.05) is 79.9 Å². The molecule has 2 aromatic rings. The van der Waals surface area contributed by atoms with E-state index in [0.717, 1.165) is 6.42 Å². The molecule has 0 heterocycles. The molecular weight excluding hydrogens is 252 g/mol. The second kappa shape index (κ2) is 6.46. The first-order valence-electron chi connectivity index (χ1n) is 7.75. The first-order valence-corrected chi connectivity index (χ1v) is 7.75. The van der Waals surface area contributed by atoms with E-state index in [1.807, 2.05) is 0 Å². The molecule has 0 unspecified atom stereocenters. The van der Waals surface area contributed by atoms with Gasteiger partial charge in [0.15, 0.2) is 0 Å². The standard InChI is InChI=1S/C21H20/c1-2-3-4-11-16-19-20(17-12-7-5-8-13-17)21(19)18-14-9-6-10-15-18/h5-10,12-15,19H,2-4H2,1H3. The Hall–Kier alpha value is -2.26. The first-order chi connectivity index (χ1) is 10.4. The molecule has 0 aromatic heterocycles. The van der Waals surface area contributed by atoms with Gasteiger partial charge in [0.25, 0.3) is 0 Å². The molecule has 0 bridgehead atoms. The van der Waals surface area contributed by atoms with Crippen molar-refractivity contribution >= 4 is 11.1 Å². The number of rotatable bonds is 4. The van der Waals surface area contributed by atoms with Gasteiger partial charge in [-0.3, -0.25) is 0 Å². The van der Waals surface area contributed by atoms with Crippen LogP contribution in [-0.4, -0.2) is 0 Å². The van der Waals surface area contributed by atoms with Gasteiger partial charge in [-0.05, 0) is 28.7 Å². The van der Waals surface area contributed by atoms with Crippen molar-refractivity contribution in [2.45, 2.75) is 26.2 Å². The van der Waals surface area contributed by atoms with Crippen molar-refractivity contribution in [1.29, 1.82) is 0 Å². The van der Waals surface area contributed by atoms with Crippen LogP contribution in [-0.2, 0) is 0 Å². The van der Waals surface area contributed by atoms with E-state index in [1.165, 1.54) is 35.1 Å². The zero-order valence-electron chi connectivity index (χ0n) is 12.5. The van der Waals surface area contributed by atoms with Crippen molar-refractivity contribution < 1.29 is 0 Å². The molecule has 104 valence electrons. The van der Waals surface area contributed by atoms with Crippen molar-refractivity contribution in [3.05, 3.63) is 71.8 Å². The smallest absolute Gasteiger partial charge is 0.0720 e. The fraction of sp³-hybridized carbons (Fsp3) is 0.238. The summed E-state index contributed by atoms with van der Waals surface area (Å²) in [7, 11) is 0. The Balaban J connectivity index is 1.87. The minimum Gasteiger partial charge on any atom is -0.102 e. The van der Waals surface area contributed by atoms with Crippen LogP contribution in [0.5, 0.6) is 0 Å². The molecule has 0 amide bonds. The minimum atomic E-state index is 0.326. The lowest BCUT2D eigenvalue weighted by Gasteiger charge is -1.93. The number of allylic oxidation sites excluding steroid dienone is 2. The maximum Gasteiger partial charge on any atom is 0.0720 e. The van der Waals surface area contributed by atoms with Crippen LogP contribution in [0.3, 0.4) is 0 Å². The molecule has 0 atom stereocenters. The van der Waals surface area contributed by atoms with Gasteiger partial charge in [0, 0.05) is 6.42 Å². The lowest BCUT2D eigenvalue weighted by Crippen LogP contribution is -1.80. The van der Waals surface area contributed by atoms with Crippen LogP contribution in [0.2, 0.25) is 0 Å². The third-order valence-corrected chi connectivity index (χ3v) is 3.86. The molecule has 0 N–H and O–H groups in total. The van der Waals surface area contributed by atoms with E-state index in [9.17, 15) is 0 Å². The summed E-state index contributed by atoms with van der Waals surface area (Å²) in [5.74, 6) is 7.15. The van der Waals surface area contributed by atoms with Gasteiger partial charge in [-0.15, -0.1) is 5.92 Å². The third kappa shape index (κ3) is 3.09. The summed E-state index contributed by atoms with van der Waals surface area (Å²) < 4.78 is 0. The summed E-state index contributed by atoms with van der Waals surface area (Å²) in [6.07, 6.45) is 3.42. The molecule has 3 rings (SSSR count). The molecule has 2 aromatic carbocycles. The second-order valence-corrected chi connectivity index (χ2v) is 5.42. The molecule has 0 saturated carbocycles.